The molecule has 86 valence electrons. The maximum atomic E-state index is 13.8. The highest BCUT2D eigenvalue weighted by Crippen LogP contribution is 2.35. The molecule has 1 saturated heterocycles. The molecule has 0 saturated carbocycles. The number of fused-ring (bicyclic) bond motifs is 3. The van der Waals surface area contributed by atoms with Gasteiger partial charge in [0.2, 0.25) is 0 Å². The molecule has 0 aromatic heterocycles. The van der Waals surface area contributed by atoms with Crippen molar-refractivity contribution in [3.63, 3.8) is 0 Å². The lowest BCUT2D eigenvalue weighted by Gasteiger charge is -2.42. The van der Waals surface area contributed by atoms with Crippen molar-refractivity contribution < 1.29 is 8.78 Å². The molecule has 1 atom stereocenters. The highest BCUT2D eigenvalue weighted by atomic mass is 19.2. The van der Waals surface area contributed by atoms with Crippen LogP contribution in [0.1, 0.15) is 0 Å². The molecule has 0 spiro atoms. The minimum Gasteiger partial charge on any atom is -0.381 e. The second-order valence-electron chi connectivity index (χ2n) is 4.19. The fourth-order valence-corrected chi connectivity index (χ4v) is 2.43. The average molecular weight is 225 g/mol. The van der Waals surface area contributed by atoms with Gasteiger partial charge in [0.05, 0.1) is 17.4 Å². The molecule has 1 aromatic carbocycles. The molecule has 5 heteroatoms. The van der Waals surface area contributed by atoms with E-state index in [1.165, 1.54) is 6.07 Å². The van der Waals surface area contributed by atoms with E-state index in [0.29, 0.717) is 11.4 Å². The van der Waals surface area contributed by atoms with Crippen molar-refractivity contribution in [2.75, 3.05) is 36.4 Å². The van der Waals surface area contributed by atoms with Crippen molar-refractivity contribution in [2.45, 2.75) is 6.04 Å². The molecule has 2 aliphatic rings. The van der Waals surface area contributed by atoms with Gasteiger partial charge in [-0.2, -0.15) is 0 Å². The smallest absolute Gasteiger partial charge is 0.184 e. The van der Waals surface area contributed by atoms with E-state index < -0.39 is 11.6 Å². The minimum absolute atomic E-state index is 0.206. The summed E-state index contributed by atoms with van der Waals surface area (Å²) >= 11 is 0. The molecule has 2 N–H and O–H groups in total. The van der Waals surface area contributed by atoms with Gasteiger partial charge in [-0.1, -0.05) is 0 Å². The van der Waals surface area contributed by atoms with Crippen molar-refractivity contribution in [1.82, 2.24) is 5.32 Å². The van der Waals surface area contributed by atoms with Crippen LogP contribution in [0.15, 0.2) is 12.1 Å². The highest BCUT2D eigenvalue weighted by molar-refractivity contribution is 5.73. The lowest BCUT2D eigenvalue weighted by molar-refractivity contribution is 0.458. The van der Waals surface area contributed by atoms with E-state index in [1.54, 1.807) is 6.07 Å². The molecule has 0 aliphatic carbocycles. The Morgan fingerprint density at radius 2 is 2.12 bits per heavy atom. The van der Waals surface area contributed by atoms with E-state index in [9.17, 15) is 8.78 Å². The first-order valence-electron chi connectivity index (χ1n) is 5.46. The summed E-state index contributed by atoms with van der Waals surface area (Å²) in [5, 5.41) is 6.39. The second kappa shape index (κ2) is 3.59. The maximum absolute atomic E-state index is 13.8. The zero-order valence-electron chi connectivity index (χ0n) is 8.76. The fourth-order valence-electron chi connectivity index (χ4n) is 2.43. The van der Waals surface area contributed by atoms with Gasteiger partial charge in [-0.3, -0.25) is 0 Å². The lowest BCUT2D eigenvalue weighted by Crippen LogP contribution is -2.56. The molecular formula is C11H13F2N3. The van der Waals surface area contributed by atoms with E-state index in [-0.39, 0.29) is 6.04 Å². The van der Waals surface area contributed by atoms with Gasteiger partial charge in [-0.25, -0.2) is 8.78 Å². The van der Waals surface area contributed by atoms with Crippen molar-refractivity contribution in [3.8, 4) is 0 Å². The Balaban J connectivity index is 2.09. The molecule has 0 amide bonds. The van der Waals surface area contributed by atoms with Crippen LogP contribution in [0.25, 0.3) is 0 Å². The summed E-state index contributed by atoms with van der Waals surface area (Å²) in [6, 6.07) is 2.98. The summed E-state index contributed by atoms with van der Waals surface area (Å²) in [5.41, 5.74) is 1.08. The topological polar surface area (TPSA) is 27.3 Å². The van der Waals surface area contributed by atoms with E-state index in [4.69, 9.17) is 0 Å². The number of hydrogen-bond donors (Lipinski definition) is 2. The molecule has 0 radical (unpaired) electrons. The zero-order chi connectivity index (χ0) is 11.1. The predicted octanol–water partition coefficient (Wildman–Crippen LogP) is 1.17. The van der Waals surface area contributed by atoms with Crippen LogP contribution in [0.4, 0.5) is 20.2 Å². The van der Waals surface area contributed by atoms with Crippen LogP contribution in [0.5, 0.6) is 0 Å². The van der Waals surface area contributed by atoms with Crippen LogP contribution >= 0.6 is 0 Å². The van der Waals surface area contributed by atoms with Crippen LogP contribution < -0.4 is 15.5 Å². The summed E-state index contributed by atoms with van der Waals surface area (Å²) in [7, 11) is 0. The van der Waals surface area contributed by atoms with Crippen LogP contribution in [0.2, 0.25) is 0 Å². The lowest BCUT2D eigenvalue weighted by atomic mass is 10.1. The third-order valence-electron chi connectivity index (χ3n) is 3.23. The Morgan fingerprint density at radius 1 is 1.25 bits per heavy atom. The molecular weight excluding hydrogens is 212 g/mol. The summed E-state index contributed by atoms with van der Waals surface area (Å²) < 4.78 is 27.0. The first kappa shape index (κ1) is 9.84. The fraction of sp³-hybridized carbons (Fsp3) is 0.455. The SMILES string of the molecule is Fc1ccc2c(c1F)N1CCNCC1CN2. The second-order valence-corrected chi connectivity index (χ2v) is 4.19. The normalized spacial score (nSPS) is 23.4. The number of nitrogens with one attached hydrogen (secondary N) is 2. The Morgan fingerprint density at radius 3 is 3.00 bits per heavy atom. The number of rotatable bonds is 0. The standard InChI is InChI=1S/C11H13F2N3/c12-8-1-2-9-11(10(8)13)16-4-3-14-5-7(16)6-15-9/h1-2,7,14-15H,3-6H2. The number of hydrogen-bond acceptors (Lipinski definition) is 3. The third-order valence-corrected chi connectivity index (χ3v) is 3.23. The number of anilines is 2. The number of nitrogens with zero attached hydrogens (tertiary/aromatic N) is 1. The van der Waals surface area contributed by atoms with Crippen molar-refractivity contribution in [3.05, 3.63) is 23.8 Å². The monoisotopic (exact) mass is 225 g/mol. The molecule has 1 fully saturated rings. The van der Waals surface area contributed by atoms with Gasteiger partial charge >= 0.3 is 0 Å². The molecule has 1 unspecified atom stereocenters. The number of halogens is 2. The molecule has 3 nitrogen and oxygen atoms in total. The third kappa shape index (κ3) is 1.35. The average Bonchev–Trinajstić information content (AvgIpc) is 2.33. The largest absolute Gasteiger partial charge is 0.381 e. The quantitative estimate of drug-likeness (QED) is 0.694. The molecule has 2 aliphatic heterocycles. The Hall–Kier alpha value is -1.36. The van der Waals surface area contributed by atoms with Gasteiger partial charge in [0.25, 0.3) is 0 Å². The van der Waals surface area contributed by atoms with E-state index >= 15 is 0 Å². The molecule has 3 rings (SSSR count). The molecule has 2 heterocycles. The van der Waals surface area contributed by atoms with E-state index in [1.807, 2.05) is 4.90 Å². The number of benzene rings is 1. The Bertz CT molecular complexity index is 422. The van der Waals surface area contributed by atoms with Crippen LogP contribution in [0, 0.1) is 11.6 Å². The van der Waals surface area contributed by atoms with Gasteiger partial charge < -0.3 is 15.5 Å². The summed E-state index contributed by atoms with van der Waals surface area (Å²) in [4.78, 5) is 1.96. The predicted molar refractivity (Wildman–Crippen MR) is 58.9 cm³/mol. The van der Waals surface area contributed by atoms with E-state index in [2.05, 4.69) is 10.6 Å². The van der Waals surface area contributed by atoms with E-state index in [0.717, 1.165) is 26.2 Å². The first-order valence-corrected chi connectivity index (χ1v) is 5.46. The summed E-state index contributed by atoms with van der Waals surface area (Å²) in [5.74, 6) is -1.52. The highest BCUT2D eigenvalue weighted by Gasteiger charge is 2.31. The van der Waals surface area contributed by atoms with Crippen LogP contribution in [-0.4, -0.2) is 32.2 Å². The summed E-state index contributed by atoms with van der Waals surface area (Å²) in [6.07, 6.45) is 0. The molecule has 16 heavy (non-hydrogen) atoms. The van der Waals surface area contributed by atoms with Gasteiger partial charge in [-0.15, -0.1) is 0 Å². The van der Waals surface area contributed by atoms with Crippen molar-refractivity contribution in [1.29, 1.82) is 0 Å². The van der Waals surface area contributed by atoms with Gasteiger partial charge in [0.1, 0.15) is 0 Å². The van der Waals surface area contributed by atoms with Gasteiger partial charge in [-0.05, 0) is 12.1 Å². The Kier molecular flexibility index (Phi) is 2.21. The van der Waals surface area contributed by atoms with Crippen LogP contribution in [0.3, 0.4) is 0 Å². The zero-order valence-corrected chi connectivity index (χ0v) is 8.76. The molecule has 0 bridgehead atoms. The Labute approximate surface area is 92.4 Å². The van der Waals surface area contributed by atoms with Crippen LogP contribution in [-0.2, 0) is 0 Å². The molecule has 1 aromatic rings. The first-order chi connectivity index (χ1) is 7.77. The minimum atomic E-state index is -0.778. The maximum Gasteiger partial charge on any atom is 0.184 e. The number of piperazine rings is 1. The van der Waals surface area contributed by atoms with Gasteiger partial charge in [0, 0.05) is 26.2 Å². The van der Waals surface area contributed by atoms with Crippen molar-refractivity contribution in [2.24, 2.45) is 0 Å². The van der Waals surface area contributed by atoms with Crippen molar-refractivity contribution >= 4 is 11.4 Å². The van der Waals surface area contributed by atoms with Gasteiger partial charge in [0.15, 0.2) is 11.6 Å². The summed E-state index contributed by atoms with van der Waals surface area (Å²) in [6.45, 7) is 3.11.